The number of benzene rings is 1. The molecule has 0 aliphatic heterocycles. The average molecular weight is 391 g/mol. The number of carbonyl (C=O) groups is 2. The summed E-state index contributed by atoms with van der Waals surface area (Å²) in [5.41, 5.74) is 5.70. The highest BCUT2D eigenvalue weighted by atomic mass is 127. The standard InChI is InChI=1S/C13H14INO5/c1-2-19-10-6-8(3-4-12(17)18)5-9(14)13(10)20-7-11(15)16/h3-6H,2,7H2,1H3,(H2,15,16)(H,17,18)/b4-3+. The fraction of sp³-hybridized carbons (Fsp3) is 0.231. The summed E-state index contributed by atoms with van der Waals surface area (Å²) >= 11 is 2.02. The molecule has 0 atom stereocenters. The number of amides is 1. The summed E-state index contributed by atoms with van der Waals surface area (Å²) in [7, 11) is 0. The fourth-order valence-corrected chi connectivity index (χ4v) is 2.18. The van der Waals surface area contributed by atoms with Gasteiger partial charge in [-0.1, -0.05) is 0 Å². The van der Waals surface area contributed by atoms with Crippen LogP contribution in [-0.2, 0) is 9.59 Å². The molecule has 0 bridgehead atoms. The van der Waals surface area contributed by atoms with Crippen molar-refractivity contribution in [3.8, 4) is 11.5 Å². The zero-order valence-corrected chi connectivity index (χ0v) is 12.9. The van der Waals surface area contributed by atoms with Gasteiger partial charge in [0.25, 0.3) is 5.91 Å². The van der Waals surface area contributed by atoms with Gasteiger partial charge in [0.2, 0.25) is 0 Å². The van der Waals surface area contributed by atoms with Gasteiger partial charge >= 0.3 is 5.97 Å². The van der Waals surface area contributed by atoms with Crippen molar-refractivity contribution >= 4 is 40.5 Å². The van der Waals surface area contributed by atoms with E-state index in [0.717, 1.165) is 6.08 Å². The highest BCUT2D eigenvalue weighted by molar-refractivity contribution is 14.1. The minimum atomic E-state index is -1.04. The molecule has 0 saturated carbocycles. The molecule has 20 heavy (non-hydrogen) atoms. The molecule has 1 aromatic rings. The van der Waals surface area contributed by atoms with Crippen LogP contribution in [0.15, 0.2) is 18.2 Å². The molecule has 108 valence electrons. The number of rotatable bonds is 7. The molecule has 0 heterocycles. The van der Waals surface area contributed by atoms with Crippen molar-refractivity contribution in [1.82, 2.24) is 0 Å². The molecule has 1 aromatic carbocycles. The Kier molecular flexibility index (Phi) is 6.29. The monoisotopic (exact) mass is 391 g/mol. The smallest absolute Gasteiger partial charge is 0.328 e. The van der Waals surface area contributed by atoms with Crippen LogP contribution in [-0.4, -0.2) is 30.2 Å². The number of hydrogen-bond acceptors (Lipinski definition) is 4. The molecule has 3 N–H and O–H groups in total. The minimum Gasteiger partial charge on any atom is -0.490 e. The third-order valence-corrected chi connectivity index (χ3v) is 2.91. The van der Waals surface area contributed by atoms with Crippen molar-refractivity contribution < 1.29 is 24.2 Å². The molecule has 0 radical (unpaired) electrons. The quantitative estimate of drug-likeness (QED) is 0.544. The normalized spacial score (nSPS) is 10.5. The van der Waals surface area contributed by atoms with Crippen molar-refractivity contribution in [2.24, 2.45) is 5.73 Å². The zero-order chi connectivity index (χ0) is 15.1. The van der Waals surface area contributed by atoms with Gasteiger partial charge in [-0.2, -0.15) is 0 Å². The second kappa shape index (κ2) is 7.73. The number of carbonyl (C=O) groups excluding carboxylic acids is 1. The van der Waals surface area contributed by atoms with Crippen LogP contribution in [0.4, 0.5) is 0 Å². The molecule has 6 nitrogen and oxygen atoms in total. The summed E-state index contributed by atoms with van der Waals surface area (Å²) in [6.45, 7) is 1.97. The maximum atomic E-state index is 10.8. The Balaban J connectivity index is 3.10. The van der Waals surface area contributed by atoms with Gasteiger partial charge in [-0.05, 0) is 53.3 Å². The average Bonchev–Trinajstić information content (AvgIpc) is 2.35. The highest BCUT2D eigenvalue weighted by Crippen LogP contribution is 2.34. The number of halogens is 1. The van der Waals surface area contributed by atoms with Crippen LogP contribution >= 0.6 is 22.6 Å². The summed E-state index contributed by atoms with van der Waals surface area (Å²) in [5, 5.41) is 8.62. The molecular weight excluding hydrogens is 377 g/mol. The predicted molar refractivity (Wildman–Crippen MR) is 81.7 cm³/mol. The van der Waals surface area contributed by atoms with E-state index in [1.54, 1.807) is 12.1 Å². The summed E-state index contributed by atoms with van der Waals surface area (Å²) in [5.74, 6) is -0.769. The zero-order valence-electron chi connectivity index (χ0n) is 10.8. The number of nitrogens with two attached hydrogens (primary N) is 1. The molecule has 0 fully saturated rings. The summed E-state index contributed by atoms with van der Waals surface area (Å²) in [4.78, 5) is 21.3. The lowest BCUT2D eigenvalue weighted by atomic mass is 10.2. The van der Waals surface area contributed by atoms with Crippen LogP contribution in [0.1, 0.15) is 12.5 Å². The van der Waals surface area contributed by atoms with E-state index >= 15 is 0 Å². The van der Waals surface area contributed by atoms with E-state index in [4.69, 9.17) is 20.3 Å². The Morgan fingerprint density at radius 2 is 2.10 bits per heavy atom. The summed E-state index contributed by atoms with van der Waals surface area (Å²) < 4.78 is 11.4. The Labute approximate surface area is 129 Å². The molecule has 0 spiro atoms. The fourth-order valence-electron chi connectivity index (χ4n) is 1.40. The molecular formula is C13H14INO5. The second-order valence-corrected chi connectivity index (χ2v) is 4.85. The molecule has 1 amide bonds. The number of primary amides is 1. The van der Waals surface area contributed by atoms with Crippen LogP contribution in [0.5, 0.6) is 11.5 Å². The minimum absolute atomic E-state index is 0.250. The van der Waals surface area contributed by atoms with Crippen LogP contribution in [0.3, 0.4) is 0 Å². The lowest BCUT2D eigenvalue weighted by Gasteiger charge is -2.13. The number of aliphatic carboxylic acids is 1. The van der Waals surface area contributed by atoms with Crippen molar-refractivity contribution in [3.05, 3.63) is 27.3 Å². The van der Waals surface area contributed by atoms with E-state index in [1.165, 1.54) is 6.08 Å². The molecule has 1 rings (SSSR count). The van der Waals surface area contributed by atoms with E-state index in [2.05, 4.69) is 0 Å². The lowest BCUT2D eigenvalue weighted by Crippen LogP contribution is -2.20. The summed E-state index contributed by atoms with van der Waals surface area (Å²) in [6.07, 6.45) is 2.48. The number of carboxylic acids is 1. The largest absolute Gasteiger partial charge is 0.490 e. The maximum Gasteiger partial charge on any atom is 0.328 e. The molecule has 7 heteroatoms. The van der Waals surface area contributed by atoms with Crippen molar-refractivity contribution in [2.45, 2.75) is 6.92 Å². The molecule has 0 unspecified atom stereocenters. The first-order chi connectivity index (χ1) is 9.43. The van der Waals surface area contributed by atoms with E-state index in [9.17, 15) is 9.59 Å². The van der Waals surface area contributed by atoms with Gasteiger partial charge in [-0.15, -0.1) is 0 Å². The maximum absolute atomic E-state index is 10.8. The number of ether oxygens (including phenoxy) is 2. The molecule has 0 aliphatic rings. The van der Waals surface area contributed by atoms with Gasteiger partial charge in [0, 0.05) is 6.08 Å². The Bertz CT molecular complexity index is 542. The molecule has 0 aromatic heterocycles. The van der Waals surface area contributed by atoms with Gasteiger partial charge in [-0.3, -0.25) is 4.79 Å². The Hall–Kier alpha value is -1.77. The van der Waals surface area contributed by atoms with Gasteiger partial charge in [-0.25, -0.2) is 4.79 Å². The predicted octanol–water partition coefficient (Wildman–Crippen LogP) is 1.65. The molecule has 0 aliphatic carbocycles. The van der Waals surface area contributed by atoms with Crippen LogP contribution in [0.2, 0.25) is 0 Å². The lowest BCUT2D eigenvalue weighted by molar-refractivity contribution is -0.131. The summed E-state index contributed by atoms with van der Waals surface area (Å²) in [6, 6.07) is 3.36. The third kappa shape index (κ3) is 5.08. The topological polar surface area (TPSA) is 98.8 Å². The molecule has 0 saturated heterocycles. The van der Waals surface area contributed by atoms with E-state index in [0.29, 0.717) is 27.2 Å². The first-order valence-corrected chi connectivity index (χ1v) is 6.80. The SMILES string of the molecule is CCOc1cc(/C=C/C(=O)O)cc(I)c1OCC(N)=O. The van der Waals surface area contributed by atoms with Crippen molar-refractivity contribution in [1.29, 1.82) is 0 Å². The second-order valence-electron chi connectivity index (χ2n) is 3.69. The first kappa shape index (κ1) is 16.3. The first-order valence-electron chi connectivity index (χ1n) is 5.72. The third-order valence-electron chi connectivity index (χ3n) is 2.11. The Morgan fingerprint density at radius 3 is 2.65 bits per heavy atom. The van der Waals surface area contributed by atoms with Gasteiger partial charge in [0.15, 0.2) is 18.1 Å². The highest BCUT2D eigenvalue weighted by Gasteiger charge is 2.12. The van der Waals surface area contributed by atoms with E-state index < -0.39 is 11.9 Å². The Morgan fingerprint density at radius 1 is 1.40 bits per heavy atom. The van der Waals surface area contributed by atoms with Crippen LogP contribution in [0, 0.1) is 3.57 Å². The van der Waals surface area contributed by atoms with E-state index in [-0.39, 0.29) is 6.61 Å². The van der Waals surface area contributed by atoms with Crippen LogP contribution in [0.25, 0.3) is 6.08 Å². The van der Waals surface area contributed by atoms with Crippen molar-refractivity contribution in [3.63, 3.8) is 0 Å². The van der Waals surface area contributed by atoms with Gasteiger partial charge < -0.3 is 20.3 Å². The number of carboxylic acid groups (broad SMARTS) is 1. The number of hydrogen-bond donors (Lipinski definition) is 2. The van der Waals surface area contributed by atoms with Gasteiger partial charge in [0.05, 0.1) is 10.2 Å². The van der Waals surface area contributed by atoms with Crippen molar-refractivity contribution in [2.75, 3.05) is 13.2 Å². The van der Waals surface area contributed by atoms with E-state index in [1.807, 2.05) is 29.5 Å². The van der Waals surface area contributed by atoms with Gasteiger partial charge in [0.1, 0.15) is 0 Å². The van der Waals surface area contributed by atoms with Crippen LogP contribution < -0.4 is 15.2 Å².